The van der Waals surface area contributed by atoms with Gasteiger partial charge in [0, 0.05) is 84.1 Å². The average molecular weight is 650 g/mol. The minimum absolute atomic E-state index is 0.0685. The number of thioether (sulfide) groups is 1. The van der Waals surface area contributed by atoms with Crippen LogP contribution in [0.1, 0.15) is 19.4 Å². The molecule has 3 aromatic rings. The molecule has 2 fully saturated rings. The molecule has 0 aliphatic carbocycles. The van der Waals surface area contributed by atoms with Crippen molar-refractivity contribution in [1.82, 2.24) is 19.4 Å². The van der Waals surface area contributed by atoms with Crippen LogP contribution >= 0.6 is 11.8 Å². The van der Waals surface area contributed by atoms with E-state index in [9.17, 15) is 27.2 Å². The second-order valence-electron chi connectivity index (χ2n) is 11.6. The Balaban J connectivity index is 1.61. The van der Waals surface area contributed by atoms with Gasteiger partial charge in [-0.1, -0.05) is 6.58 Å². The minimum Gasteiger partial charge on any atom is -0.379 e. The van der Waals surface area contributed by atoms with Gasteiger partial charge in [0.2, 0.25) is 5.91 Å². The Hall–Kier alpha value is -3.49. The number of morpholine rings is 1. The van der Waals surface area contributed by atoms with Crippen LogP contribution in [0.5, 0.6) is 0 Å². The molecule has 1 aromatic heterocycles. The van der Waals surface area contributed by atoms with E-state index in [1.54, 1.807) is 9.80 Å². The Morgan fingerprint density at radius 2 is 1.78 bits per heavy atom. The van der Waals surface area contributed by atoms with Crippen molar-refractivity contribution >= 4 is 34.4 Å². The summed E-state index contributed by atoms with van der Waals surface area (Å²) in [6.07, 6.45) is -3.71. The fourth-order valence-electron chi connectivity index (χ4n) is 6.77. The van der Waals surface area contributed by atoms with Gasteiger partial charge in [0.05, 0.1) is 24.3 Å². The Kier molecular flexibility index (Phi) is 8.42. The molecule has 6 rings (SSSR count). The first-order chi connectivity index (χ1) is 21.4. The zero-order valence-corrected chi connectivity index (χ0v) is 25.6. The molecule has 3 aliphatic rings. The van der Waals surface area contributed by atoms with Gasteiger partial charge in [-0.25, -0.2) is 13.6 Å². The summed E-state index contributed by atoms with van der Waals surface area (Å²) >= 11 is 1.13. The van der Waals surface area contributed by atoms with E-state index in [0.29, 0.717) is 38.1 Å². The number of ether oxygens (including phenoxy) is 1. The van der Waals surface area contributed by atoms with Crippen LogP contribution in [0.2, 0.25) is 0 Å². The van der Waals surface area contributed by atoms with Crippen molar-refractivity contribution in [3.05, 3.63) is 64.6 Å². The van der Waals surface area contributed by atoms with Crippen LogP contribution in [-0.2, 0) is 22.3 Å². The zero-order chi connectivity index (χ0) is 32.2. The van der Waals surface area contributed by atoms with Crippen LogP contribution in [-0.4, -0.2) is 88.5 Å². The van der Waals surface area contributed by atoms with Crippen LogP contribution in [0, 0.1) is 11.6 Å². The maximum atomic E-state index is 15.3. The second kappa shape index (κ2) is 12.0. The third-order valence-electron chi connectivity index (χ3n) is 8.73. The largest absolute Gasteiger partial charge is 0.417 e. The highest BCUT2D eigenvalue weighted by atomic mass is 32.2. The number of halogens is 5. The standard InChI is InChI=1S/C31H32F5N5O3S/c1-4-25(42)41-17(2)13-39(14-18(41)3)29-22-12-23(31(34,35)36)26(21-6-5-19(32)11-24(21)33)28-27(22)40(30(43)37-29)15-20(16-45-28)38-7-9-44-10-8-38/h4-6,11-12,17-18,20H,1,7-10,13-16H2,2-3H3/t17-,18+,20?. The number of nitrogens with zero attached hydrogens (tertiary/aromatic N) is 5. The number of aromatic nitrogens is 2. The van der Waals surface area contributed by atoms with E-state index in [1.165, 1.54) is 10.6 Å². The Morgan fingerprint density at radius 3 is 2.40 bits per heavy atom. The lowest BCUT2D eigenvalue weighted by Gasteiger charge is -2.44. The molecule has 2 aromatic carbocycles. The third kappa shape index (κ3) is 5.72. The average Bonchev–Trinajstić information content (AvgIpc) is 3.20. The maximum Gasteiger partial charge on any atom is 0.417 e. The summed E-state index contributed by atoms with van der Waals surface area (Å²) in [6, 6.07) is 2.46. The van der Waals surface area contributed by atoms with Crippen LogP contribution in [0.3, 0.4) is 0 Å². The quantitative estimate of drug-likeness (QED) is 0.298. The number of hydrogen-bond acceptors (Lipinski definition) is 7. The zero-order valence-electron chi connectivity index (χ0n) is 24.7. The van der Waals surface area contributed by atoms with Gasteiger partial charge in [-0.3, -0.25) is 14.3 Å². The van der Waals surface area contributed by atoms with Crippen LogP contribution < -0.4 is 10.6 Å². The number of benzene rings is 2. The topological polar surface area (TPSA) is 70.9 Å². The van der Waals surface area contributed by atoms with Crippen molar-refractivity contribution in [2.24, 2.45) is 0 Å². The molecular weight excluding hydrogens is 617 g/mol. The smallest absolute Gasteiger partial charge is 0.379 e. The molecule has 14 heteroatoms. The van der Waals surface area contributed by atoms with Crippen molar-refractivity contribution in [1.29, 1.82) is 0 Å². The van der Waals surface area contributed by atoms with E-state index >= 15 is 4.39 Å². The predicted octanol–water partition coefficient (Wildman–Crippen LogP) is 4.78. The van der Waals surface area contributed by atoms with Crippen molar-refractivity contribution in [3.63, 3.8) is 0 Å². The number of hydrogen-bond donors (Lipinski definition) is 0. The lowest BCUT2D eigenvalue weighted by molar-refractivity contribution is -0.137. The van der Waals surface area contributed by atoms with E-state index < -0.39 is 40.2 Å². The van der Waals surface area contributed by atoms with Gasteiger partial charge in [0.25, 0.3) is 0 Å². The van der Waals surface area contributed by atoms with Gasteiger partial charge in [-0.15, -0.1) is 11.8 Å². The normalized spacial score (nSPS) is 22.9. The van der Waals surface area contributed by atoms with Crippen molar-refractivity contribution in [3.8, 4) is 11.1 Å². The molecule has 0 saturated carbocycles. The molecule has 1 amide bonds. The number of amides is 1. The monoisotopic (exact) mass is 649 g/mol. The Morgan fingerprint density at radius 1 is 1.09 bits per heavy atom. The fourth-order valence-corrected chi connectivity index (χ4v) is 8.17. The van der Waals surface area contributed by atoms with Gasteiger partial charge in [-0.05, 0) is 38.1 Å². The molecule has 3 atom stereocenters. The lowest BCUT2D eigenvalue weighted by Crippen LogP contribution is -2.58. The highest BCUT2D eigenvalue weighted by Gasteiger charge is 2.40. The summed E-state index contributed by atoms with van der Waals surface area (Å²) in [5, 5.41) is 0.0984. The van der Waals surface area contributed by atoms with Crippen LogP contribution in [0.4, 0.5) is 27.8 Å². The summed E-state index contributed by atoms with van der Waals surface area (Å²) in [4.78, 5) is 36.4. The number of carbonyl (C=O) groups excluding carboxylic acids is 1. The minimum atomic E-state index is -4.93. The highest BCUT2D eigenvalue weighted by molar-refractivity contribution is 7.99. The molecule has 0 bridgehead atoms. The molecule has 0 radical (unpaired) electrons. The number of carbonyl (C=O) groups is 1. The van der Waals surface area contributed by atoms with Crippen molar-refractivity contribution < 1.29 is 31.5 Å². The summed E-state index contributed by atoms with van der Waals surface area (Å²) in [7, 11) is 0. The molecule has 0 spiro atoms. The summed E-state index contributed by atoms with van der Waals surface area (Å²) in [5.74, 6) is -1.94. The summed E-state index contributed by atoms with van der Waals surface area (Å²) < 4.78 is 81.0. The molecule has 1 unspecified atom stereocenters. The fraction of sp³-hybridized carbons (Fsp3) is 0.452. The first-order valence-electron chi connectivity index (χ1n) is 14.7. The van der Waals surface area contributed by atoms with Crippen molar-refractivity contribution in [2.75, 3.05) is 50.0 Å². The molecule has 4 heterocycles. The van der Waals surface area contributed by atoms with Gasteiger partial charge >= 0.3 is 11.9 Å². The predicted molar refractivity (Wildman–Crippen MR) is 161 cm³/mol. The number of alkyl halides is 3. The third-order valence-corrected chi connectivity index (χ3v) is 9.97. The summed E-state index contributed by atoms with van der Waals surface area (Å²) in [5.41, 5.74) is -2.37. The Bertz CT molecular complexity index is 1710. The second-order valence-corrected chi connectivity index (χ2v) is 12.7. The van der Waals surface area contributed by atoms with Gasteiger partial charge < -0.3 is 14.5 Å². The summed E-state index contributed by atoms with van der Waals surface area (Å²) in [6.45, 7) is 9.91. The lowest BCUT2D eigenvalue weighted by atomic mass is 9.95. The van der Waals surface area contributed by atoms with E-state index in [2.05, 4.69) is 16.5 Å². The molecular formula is C31H32F5N5O3S. The van der Waals surface area contributed by atoms with Crippen molar-refractivity contribution in [2.45, 2.75) is 49.6 Å². The van der Waals surface area contributed by atoms with Gasteiger partial charge in [0.1, 0.15) is 17.5 Å². The molecule has 2 saturated heterocycles. The molecule has 0 N–H and O–H groups in total. The SMILES string of the molecule is C=CC(=O)N1[C@H](C)CN(c2nc(=O)n3c4c(c(-c5ccc(F)cc5F)c(C(F)(F)F)cc24)SCC(N2CCOCC2)C3)C[C@@H]1C. The molecule has 3 aliphatic heterocycles. The number of piperazine rings is 1. The Labute approximate surface area is 260 Å². The van der Waals surface area contributed by atoms with Gasteiger partial charge in [-0.2, -0.15) is 18.2 Å². The maximum absolute atomic E-state index is 15.3. The highest BCUT2D eigenvalue weighted by Crippen LogP contribution is 2.49. The molecule has 45 heavy (non-hydrogen) atoms. The first-order valence-corrected chi connectivity index (χ1v) is 15.7. The molecule has 8 nitrogen and oxygen atoms in total. The van der Waals surface area contributed by atoms with Crippen LogP contribution in [0.25, 0.3) is 22.0 Å². The van der Waals surface area contributed by atoms with E-state index in [-0.39, 0.29) is 65.3 Å². The number of anilines is 1. The molecule has 240 valence electrons. The van der Waals surface area contributed by atoms with Crippen LogP contribution in [0.15, 0.2) is 46.6 Å². The van der Waals surface area contributed by atoms with E-state index in [0.717, 1.165) is 30.0 Å². The first kappa shape index (κ1) is 31.5. The van der Waals surface area contributed by atoms with Gasteiger partial charge in [0.15, 0.2) is 0 Å². The van der Waals surface area contributed by atoms with E-state index in [1.807, 2.05) is 13.8 Å². The number of rotatable bonds is 4. The van der Waals surface area contributed by atoms with E-state index in [4.69, 9.17) is 4.74 Å².